The topological polar surface area (TPSA) is 40.0 Å². The van der Waals surface area contributed by atoms with E-state index >= 15 is 0 Å². The fourth-order valence-corrected chi connectivity index (χ4v) is 4.02. The first-order valence-corrected chi connectivity index (χ1v) is 10.4. The first-order valence-electron chi connectivity index (χ1n) is 9.96. The van der Waals surface area contributed by atoms with Crippen LogP contribution in [0.4, 0.5) is 10.1 Å². The van der Waals surface area contributed by atoms with Crippen molar-refractivity contribution in [3.63, 3.8) is 0 Å². The van der Waals surface area contributed by atoms with Crippen molar-refractivity contribution in [2.24, 2.45) is 0 Å². The molecule has 3 rings (SSSR count). The standard InChI is InChI=1S/C20H29FN4OS/c1-16-6-7-17(14-18(16)21)22-20(27)25-12-10-23(11-13-25)15-19(26)24-8-4-2-3-5-9-24/h6-7,14H,2-5,8-13,15H2,1H3,(H,22,27)/p+1. The minimum atomic E-state index is -0.232. The molecule has 2 aliphatic heterocycles. The van der Waals surface area contributed by atoms with Gasteiger partial charge in [-0.25, -0.2) is 4.39 Å². The molecule has 7 heteroatoms. The van der Waals surface area contributed by atoms with E-state index in [0.717, 1.165) is 52.1 Å². The number of carbonyl (C=O) groups is 1. The first-order chi connectivity index (χ1) is 13.0. The van der Waals surface area contributed by atoms with Crippen LogP contribution in [0.15, 0.2) is 18.2 Å². The van der Waals surface area contributed by atoms with Crippen LogP contribution in [0.3, 0.4) is 0 Å². The summed E-state index contributed by atoms with van der Waals surface area (Å²) in [5, 5.41) is 3.75. The molecule has 2 aliphatic rings. The maximum absolute atomic E-state index is 13.7. The third-order valence-electron chi connectivity index (χ3n) is 5.54. The molecule has 5 nitrogen and oxygen atoms in total. The highest BCUT2D eigenvalue weighted by Gasteiger charge is 2.26. The van der Waals surface area contributed by atoms with Gasteiger partial charge in [-0.05, 0) is 49.7 Å². The maximum atomic E-state index is 13.7. The minimum absolute atomic E-state index is 0.232. The number of likely N-dealkylation sites (tertiary alicyclic amines) is 1. The molecule has 2 N–H and O–H groups in total. The number of nitrogens with one attached hydrogen (secondary N) is 2. The van der Waals surface area contributed by atoms with Crippen LogP contribution in [0, 0.1) is 12.7 Å². The second-order valence-electron chi connectivity index (χ2n) is 7.60. The zero-order chi connectivity index (χ0) is 19.2. The molecule has 0 saturated carbocycles. The van der Waals surface area contributed by atoms with Crippen molar-refractivity contribution in [3.8, 4) is 0 Å². The number of rotatable bonds is 3. The summed E-state index contributed by atoms with van der Waals surface area (Å²) in [6, 6.07) is 5.06. The van der Waals surface area contributed by atoms with Gasteiger partial charge in [0.2, 0.25) is 0 Å². The number of hydrogen-bond acceptors (Lipinski definition) is 2. The number of halogens is 1. The van der Waals surface area contributed by atoms with Crippen molar-refractivity contribution in [1.82, 2.24) is 9.80 Å². The molecular formula is C20H30FN4OS+. The molecule has 2 heterocycles. The predicted molar refractivity (Wildman–Crippen MR) is 110 cm³/mol. The number of amides is 1. The number of quaternary nitrogens is 1. The lowest BCUT2D eigenvalue weighted by atomic mass is 10.2. The van der Waals surface area contributed by atoms with Gasteiger partial charge in [-0.1, -0.05) is 18.9 Å². The highest BCUT2D eigenvalue weighted by molar-refractivity contribution is 7.80. The highest BCUT2D eigenvalue weighted by atomic mass is 32.1. The maximum Gasteiger partial charge on any atom is 0.277 e. The molecule has 0 aromatic heterocycles. The number of anilines is 1. The van der Waals surface area contributed by atoms with Gasteiger partial charge in [-0.2, -0.15) is 0 Å². The van der Waals surface area contributed by atoms with Gasteiger partial charge in [-0.3, -0.25) is 4.79 Å². The Morgan fingerprint density at radius 1 is 1.11 bits per heavy atom. The minimum Gasteiger partial charge on any atom is -0.338 e. The van der Waals surface area contributed by atoms with E-state index in [4.69, 9.17) is 12.2 Å². The molecule has 0 spiro atoms. The Kier molecular flexibility index (Phi) is 7.01. The summed E-state index contributed by atoms with van der Waals surface area (Å²) in [5.41, 5.74) is 1.30. The fraction of sp³-hybridized carbons (Fsp3) is 0.600. The van der Waals surface area contributed by atoms with Crippen molar-refractivity contribution in [2.45, 2.75) is 32.6 Å². The van der Waals surface area contributed by atoms with E-state index in [2.05, 4.69) is 10.2 Å². The van der Waals surface area contributed by atoms with Crippen LogP contribution in [0.5, 0.6) is 0 Å². The molecule has 1 aromatic carbocycles. The number of aryl methyl sites for hydroxylation is 1. The van der Waals surface area contributed by atoms with Crippen LogP contribution in [-0.4, -0.2) is 66.6 Å². The van der Waals surface area contributed by atoms with E-state index in [1.807, 2.05) is 11.0 Å². The van der Waals surface area contributed by atoms with Gasteiger partial charge < -0.3 is 20.0 Å². The predicted octanol–water partition coefficient (Wildman–Crippen LogP) is 1.43. The second-order valence-corrected chi connectivity index (χ2v) is 7.99. The third kappa shape index (κ3) is 5.62. The van der Waals surface area contributed by atoms with Crippen LogP contribution in [0.1, 0.15) is 31.2 Å². The van der Waals surface area contributed by atoms with E-state index < -0.39 is 0 Å². The van der Waals surface area contributed by atoms with Crippen LogP contribution < -0.4 is 10.2 Å². The fourth-order valence-electron chi connectivity index (χ4n) is 3.72. The molecule has 0 bridgehead atoms. The average Bonchev–Trinajstić information content (AvgIpc) is 2.95. The number of nitrogens with zero attached hydrogens (tertiary/aromatic N) is 2. The zero-order valence-electron chi connectivity index (χ0n) is 16.1. The molecule has 0 unspecified atom stereocenters. The molecule has 2 fully saturated rings. The summed E-state index contributed by atoms with van der Waals surface area (Å²) in [6.45, 7) is 7.56. The smallest absolute Gasteiger partial charge is 0.277 e. The lowest BCUT2D eigenvalue weighted by Gasteiger charge is -2.34. The summed E-state index contributed by atoms with van der Waals surface area (Å²) in [7, 11) is 0. The monoisotopic (exact) mass is 393 g/mol. The van der Waals surface area contributed by atoms with E-state index in [-0.39, 0.29) is 11.7 Å². The Balaban J connectivity index is 1.44. The Bertz CT molecular complexity index is 668. The van der Waals surface area contributed by atoms with Crippen LogP contribution >= 0.6 is 12.2 Å². The van der Waals surface area contributed by atoms with E-state index in [1.165, 1.54) is 23.8 Å². The van der Waals surface area contributed by atoms with Crippen LogP contribution in [-0.2, 0) is 4.79 Å². The van der Waals surface area contributed by atoms with E-state index in [9.17, 15) is 9.18 Å². The van der Waals surface area contributed by atoms with Crippen LogP contribution in [0.25, 0.3) is 0 Å². The summed E-state index contributed by atoms with van der Waals surface area (Å²) in [6.07, 6.45) is 4.75. The molecule has 1 amide bonds. The first kappa shape index (κ1) is 20.0. The number of thiocarbonyl (C=S) groups is 1. The summed E-state index contributed by atoms with van der Waals surface area (Å²) in [5.74, 6) is 0.0558. The Hall–Kier alpha value is -1.73. The van der Waals surface area contributed by atoms with E-state index in [0.29, 0.717) is 22.9 Å². The highest BCUT2D eigenvalue weighted by Crippen LogP contribution is 2.14. The quantitative estimate of drug-likeness (QED) is 0.763. The number of hydrogen-bond donors (Lipinski definition) is 2. The zero-order valence-corrected chi connectivity index (χ0v) is 16.9. The lowest BCUT2D eigenvalue weighted by Crippen LogP contribution is -3.15. The summed E-state index contributed by atoms with van der Waals surface area (Å²) >= 11 is 5.48. The van der Waals surface area contributed by atoms with Gasteiger partial charge in [0.25, 0.3) is 5.91 Å². The molecule has 27 heavy (non-hydrogen) atoms. The molecule has 0 atom stereocenters. The number of benzene rings is 1. The van der Waals surface area contributed by atoms with Gasteiger partial charge in [0.05, 0.1) is 26.2 Å². The van der Waals surface area contributed by atoms with Crippen molar-refractivity contribution in [2.75, 3.05) is 51.1 Å². The Morgan fingerprint density at radius 2 is 1.78 bits per heavy atom. The second kappa shape index (κ2) is 9.46. The molecule has 2 saturated heterocycles. The van der Waals surface area contributed by atoms with Gasteiger partial charge in [0.1, 0.15) is 5.82 Å². The van der Waals surface area contributed by atoms with Gasteiger partial charge in [-0.15, -0.1) is 0 Å². The molecule has 0 radical (unpaired) electrons. The Labute approximate surface area is 166 Å². The van der Waals surface area contributed by atoms with Crippen molar-refractivity contribution in [3.05, 3.63) is 29.6 Å². The van der Waals surface area contributed by atoms with E-state index in [1.54, 1.807) is 13.0 Å². The van der Waals surface area contributed by atoms with Gasteiger partial charge in [0.15, 0.2) is 11.7 Å². The van der Waals surface area contributed by atoms with Gasteiger partial charge >= 0.3 is 0 Å². The number of piperazine rings is 1. The van der Waals surface area contributed by atoms with Gasteiger partial charge in [0, 0.05) is 18.8 Å². The average molecular weight is 394 g/mol. The molecule has 0 aliphatic carbocycles. The third-order valence-corrected chi connectivity index (χ3v) is 5.90. The SMILES string of the molecule is Cc1ccc(NC(=S)N2CC[NH+](CC(=O)N3CCCCCC3)CC2)cc1F. The molecule has 1 aromatic rings. The Morgan fingerprint density at radius 3 is 2.41 bits per heavy atom. The van der Waals surface area contributed by atoms with Crippen molar-refractivity contribution < 1.29 is 14.1 Å². The largest absolute Gasteiger partial charge is 0.338 e. The number of carbonyl (C=O) groups excluding carboxylic acids is 1. The molecular weight excluding hydrogens is 363 g/mol. The van der Waals surface area contributed by atoms with Crippen molar-refractivity contribution in [1.29, 1.82) is 0 Å². The lowest BCUT2D eigenvalue weighted by molar-refractivity contribution is -0.896. The molecule has 148 valence electrons. The van der Waals surface area contributed by atoms with Crippen LogP contribution in [0.2, 0.25) is 0 Å². The summed E-state index contributed by atoms with van der Waals surface area (Å²) < 4.78 is 13.7. The van der Waals surface area contributed by atoms with Crippen molar-refractivity contribution >= 4 is 28.9 Å². The normalized spacial score (nSPS) is 18.9. The summed E-state index contributed by atoms with van der Waals surface area (Å²) in [4.78, 5) is 18.0.